The quantitative estimate of drug-likeness (QED) is 0.772. The second kappa shape index (κ2) is 6.65. The molecule has 1 aliphatic rings. The largest absolute Gasteiger partial charge is 0.391 e. The van der Waals surface area contributed by atoms with Gasteiger partial charge in [0.2, 0.25) is 5.95 Å². The summed E-state index contributed by atoms with van der Waals surface area (Å²) in [5.74, 6) is 0.425. The lowest BCUT2D eigenvalue weighted by atomic mass is 10.1. The molecule has 1 unspecified atom stereocenters. The van der Waals surface area contributed by atoms with E-state index in [4.69, 9.17) is 16.6 Å². The van der Waals surface area contributed by atoms with Crippen LogP contribution in [0.4, 0.5) is 10.3 Å². The zero-order valence-electron chi connectivity index (χ0n) is 13.7. The van der Waals surface area contributed by atoms with E-state index in [0.29, 0.717) is 23.7 Å². The number of aliphatic hydroxyl groups excluding tert-OH is 1. The van der Waals surface area contributed by atoms with Gasteiger partial charge in [0.15, 0.2) is 0 Å². The molecule has 6 heteroatoms. The summed E-state index contributed by atoms with van der Waals surface area (Å²) < 4.78 is 16.3. The van der Waals surface area contributed by atoms with Gasteiger partial charge in [-0.1, -0.05) is 29.8 Å². The maximum atomic E-state index is 14.3. The molecule has 2 aromatic carbocycles. The van der Waals surface area contributed by atoms with Crippen LogP contribution in [0.15, 0.2) is 42.5 Å². The molecular weight excluding hydrogens is 341 g/mol. The fraction of sp³-hybridized carbons (Fsp3) is 0.316. The van der Waals surface area contributed by atoms with Gasteiger partial charge in [-0.15, -0.1) is 0 Å². The van der Waals surface area contributed by atoms with Gasteiger partial charge < -0.3 is 14.6 Å². The van der Waals surface area contributed by atoms with Crippen molar-refractivity contribution in [3.05, 3.63) is 58.9 Å². The monoisotopic (exact) mass is 359 g/mol. The highest BCUT2D eigenvalue weighted by atomic mass is 35.5. The lowest BCUT2D eigenvalue weighted by Gasteiger charge is -2.31. The molecule has 25 heavy (non-hydrogen) atoms. The molecule has 1 aliphatic heterocycles. The molecule has 130 valence electrons. The first-order valence-corrected chi connectivity index (χ1v) is 8.82. The number of hydrogen-bond donors (Lipinski definition) is 1. The molecule has 2 heterocycles. The molecule has 3 aromatic rings. The van der Waals surface area contributed by atoms with E-state index in [1.165, 1.54) is 6.07 Å². The number of piperidine rings is 1. The molecule has 1 saturated heterocycles. The maximum Gasteiger partial charge on any atom is 0.206 e. The number of imidazole rings is 1. The van der Waals surface area contributed by atoms with Crippen LogP contribution in [0.1, 0.15) is 18.4 Å². The number of benzene rings is 2. The Morgan fingerprint density at radius 2 is 2.04 bits per heavy atom. The highest BCUT2D eigenvalue weighted by Crippen LogP contribution is 2.29. The average Bonchev–Trinajstić information content (AvgIpc) is 2.97. The number of rotatable bonds is 3. The molecule has 1 N–H and O–H groups in total. The minimum absolute atomic E-state index is 0.300. The molecule has 4 rings (SSSR count). The van der Waals surface area contributed by atoms with Gasteiger partial charge in [0.25, 0.3) is 0 Å². The van der Waals surface area contributed by atoms with Gasteiger partial charge in [-0.3, -0.25) is 0 Å². The minimum atomic E-state index is -0.362. The van der Waals surface area contributed by atoms with Gasteiger partial charge in [0, 0.05) is 23.7 Å². The Morgan fingerprint density at radius 1 is 1.20 bits per heavy atom. The van der Waals surface area contributed by atoms with Crippen LogP contribution in [0.2, 0.25) is 5.02 Å². The number of hydrogen-bond acceptors (Lipinski definition) is 3. The van der Waals surface area contributed by atoms with E-state index in [-0.39, 0.29) is 11.9 Å². The van der Waals surface area contributed by atoms with E-state index in [2.05, 4.69) is 4.90 Å². The lowest BCUT2D eigenvalue weighted by Crippen LogP contribution is -2.39. The van der Waals surface area contributed by atoms with E-state index in [1.807, 2.05) is 28.8 Å². The number of halogens is 2. The summed E-state index contributed by atoms with van der Waals surface area (Å²) in [5, 5.41) is 10.4. The van der Waals surface area contributed by atoms with E-state index in [1.54, 1.807) is 12.1 Å². The summed E-state index contributed by atoms with van der Waals surface area (Å²) in [6.07, 6.45) is 1.35. The van der Waals surface area contributed by atoms with Gasteiger partial charge >= 0.3 is 0 Å². The predicted molar refractivity (Wildman–Crippen MR) is 97.7 cm³/mol. The van der Waals surface area contributed by atoms with E-state index >= 15 is 0 Å². The molecule has 0 radical (unpaired) electrons. The summed E-state index contributed by atoms with van der Waals surface area (Å²) >= 11 is 6.23. The summed E-state index contributed by atoms with van der Waals surface area (Å²) in [7, 11) is 0. The van der Waals surface area contributed by atoms with Crippen LogP contribution in [0.25, 0.3) is 11.0 Å². The number of fused-ring (bicyclic) bond motifs is 1. The molecule has 0 spiro atoms. The first-order valence-electron chi connectivity index (χ1n) is 8.44. The molecule has 0 bridgehead atoms. The topological polar surface area (TPSA) is 41.3 Å². The van der Waals surface area contributed by atoms with Crippen molar-refractivity contribution < 1.29 is 9.50 Å². The Hall–Kier alpha value is -2.11. The Morgan fingerprint density at radius 3 is 2.84 bits per heavy atom. The third-order valence-corrected chi connectivity index (χ3v) is 5.05. The Labute approximate surface area is 150 Å². The van der Waals surface area contributed by atoms with Crippen molar-refractivity contribution in [2.24, 2.45) is 0 Å². The Bertz CT molecular complexity index is 891. The summed E-state index contributed by atoms with van der Waals surface area (Å²) in [6.45, 7) is 1.66. The number of β-amino-alcohol motifs (C(OH)–C–C–N with tert-alkyl or cyclic N) is 1. The van der Waals surface area contributed by atoms with Gasteiger partial charge in [-0.25, -0.2) is 9.37 Å². The van der Waals surface area contributed by atoms with Crippen LogP contribution in [-0.4, -0.2) is 33.9 Å². The van der Waals surface area contributed by atoms with Crippen LogP contribution in [0, 0.1) is 5.82 Å². The van der Waals surface area contributed by atoms with E-state index in [9.17, 15) is 9.50 Å². The molecule has 0 aliphatic carbocycles. The molecular formula is C19H19ClFN3O. The normalized spacial score (nSPS) is 18.0. The van der Waals surface area contributed by atoms with Gasteiger partial charge in [-0.05, 0) is 37.1 Å². The summed E-state index contributed by atoms with van der Waals surface area (Å²) in [4.78, 5) is 6.81. The van der Waals surface area contributed by atoms with Crippen molar-refractivity contribution in [2.45, 2.75) is 25.5 Å². The highest BCUT2D eigenvalue weighted by molar-refractivity contribution is 6.31. The highest BCUT2D eigenvalue weighted by Gasteiger charge is 2.24. The fourth-order valence-electron chi connectivity index (χ4n) is 3.44. The maximum absolute atomic E-state index is 14.3. The minimum Gasteiger partial charge on any atom is -0.391 e. The van der Waals surface area contributed by atoms with Crippen molar-refractivity contribution in [1.82, 2.24) is 9.55 Å². The van der Waals surface area contributed by atoms with Crippen molar-refractivity contribution >= 4 is 28.6 Å². The standard InChI is InChI=1S/C19H19ClFN3O/c20-15-6-3-7-16(21)14(15)12-24-18-9-2-1-8-17(18)22-19(24)23-10-4-5-13(25)11-23/h1-3,6-9,13,25H,4-5,10-12H2. The third-order valence-electron chi connectivity index (χ3n) is 4.69. The molecule has 1 fully saturated rings. The second-order valence-electron chi connectivity index (χ2n) is 6.43. The van der Waals surface area contributed by atoms with Crippen molar-refractivity contribution in [3.8, 4) is 0 Å². The number of para-hydroxylation sites is 2. The number of aromatic nitrogens is 2. The summed E-state index contributed by atoms with van der Waals surface area (Å²) in [6, 6.07) is 12.5. The Kier molecular flexibility index (Phi) is 4.36. The Balaban J connectivity index is 1.82. The van der Waals surface area contributed by atoms with Crippen LogP contribution >= 0.6 is 11.6 Å². The van der Waals surface area contributed by atoms with E-state index < -0.39 is 0 Å². The van der Waals surface area contributed by atoms with Crippen LogP contribution in [0.5, 0.6) is 0 Å². The zero-order chi connectivity index (χ0) is 17.4. The molecule has 1 aromatic heterocycles. The van der Waals surface area contributed by atoms with Gasteiger partial charge in [0.05, 0.1) is 23.7 Å². The van der Waals surface area contributed by atoms with Crippen LogP contribution in [-0.2, 0) is 6.54 Å². The number of anilines is 1. The van der Waals surface area contributed by atoms with Gasteiger partial charge in [0.1, 0.15) is 5.82 Å². The summed E-state index contributed by atoms with van der Waals surface area (Å²) in [5.41, 5.74) is 2.23. The average molecular weight is 360 g/mol. The van der Waals surface area contributed by atoms with Gasteiger partial charge in [-0.2, -0.15) is 0 Å². The van der Waals surface area contributed by atoms with Crippen LogP contribution < -0.4 is 4.90 Å². The molecule has 0 saturated carbocycles. The van der Waals surface area contributed by atoms with E-state index in [0.717, 1.165) is 36.4 Å². The fourth-order valence-corrected chi connectivity index (χ4v) is 3.66. The molecule has 0 amide bonds. The first kappa shape index (κ1) is 16.4. The van der Waals surface area contributed by atoms with Crippen molar-refractivity contribution in [2.75, 3.05) is 18.0 Å². The SMILES string of the molecule is OC1CCCN(c2nc3ccccc3n2Cc2c(F)cccc2Cl)C1. The van der Waals surface area contributed by atoms with Crippen molar-refractivity contribution in [1.29, 1.82) is 0 Å². The molecule has 1 atom stereocenters. The molecule has 4 nitrogen and oxygen atoms in total. The second-order valence-corrected chi connectivity index (χ2v) is 6.84. The predicted octanol–water partition coefficient (Wildman–Crippen LogP) is 3.84. The zero-order valence-corrected chi connectivity index (χ0v) is 14.5. The van der Waals surface area contributed by atoms with Crippen molar-refractivity contribution in [3.63, 3.8) is 0 Å². The smallest absolute Gasteiger partial charge is 0.206 e. The lowest BCUT2D eigenvalue weighted by molar-refractivity contribution is 0.153. The number of aliphatic hydroxyl groups is 1. The number of nitrogens with zero attached hydrogens (tertiary/aromatic N) is 3. The van der Waals surface area contributed by atoms with Crippen LogP contribution in [0.3, 0.4) is 0 Å². The first-order chi connectivity index (χ1) is 12.1. The third kappa shape index (κ3) is 3.10.